The number of hydrogen-bond donors (Lipinski definition) is 2. The van der Waals surface area contributed by atoms with Gasteiger partial charge in [0.1, 0.15) is 5.75 Å². The summed E-state index contributed by atoms with van der Waals surface area (Å²) in [5.74, 6) is 0.585. The Morgan fingerprint density at radius 2 is 1.76 bits per heavy atom. The van der Waals surface area contributed by atoms with Crippen LogP contribution in [-0.2, 0) is 4.79 Å². The predicted octanol–water partition coefficient (Wildman–Crippen LogP) is 4.70. The summed E-state index contributed by atoms with van der Waals surface area (Å²) in [6.45, 7) is 7.36. The van der Waals surface area contributed by atoms with E-state index in [1.807, 2.05) is 24.0 Å². The van der Waals surface area contributed by atoms with Gasteiger partial charge in [0, 0.05) is 43.2 Å². The van der Waals surface area contributed by atoms with Gasteiger partial charge in [-0.2, -0.15) is 0 Å². The number of nitrogens with zero attached hydrogens (tertiary/aromatic N) is 2. The van der Waals surface area contributed by atoms with E-state index in [0.29, 0.717) is 55.5 Å². The highest BCUT2D eigenvalue weighted by Gasteiger charge is 2.22. The number of anilines is 2. The summed E-state index contributed by atoms with van der Waals surface area (Å²) in [4.78, 5) is 28.7. The average Bonchev–Trinajstić information content (AvgIpc) is 2.84. The molecule has 3 rings (SSSR count). The fourth-order valence-electron chi connectivity index (χ4n) is 3.67. The van der Waals surface area contributed by atoms with Crippen LogP contribution in [0.4, 0.5) is 11.4 Å². The van der Waals surface area contributed by atoms with Gasteiger partial charge in [0.15, 0.2) is 5.11 Å². The Morgan fingerprint density at radius 3 is 2.41 bits per heavy atom. The van der Waals surface area contributed by atoms with Crippen LogP contribution in [0.5, 0.6) is 5.75 Å². The Bertz CT molecular complexity index is 1010. The molecule has 1 fully saturated rings. The molecule has 1 saturated heterocycles. The zero-order valence-corrected chi connectivity index (χ0v) is 21.2. The highest BCUT2D eigenvalue weighted by Crippen LogP contribution is 2.30. The first-order chi connectivity index (χ1) is 16.4. The van der Waals surface area contributed by atoms with Crippen LogP contribution in [0.25, 0.3) is 0 Å². The minimum atomic E-state index is -0.312. The number of benzene rings is 2. The molecule has 1 aliphatic heterocycles. The first-order valence-corrected chi connectivity index (χ1v) is 12.4. The molecule has 0 atom stereocenters. The van der Waals surface area contributed by atoms with Crippen molar-refractivity contribution in [3.05, 3.63) is 53.1 Å². The van der Waals surface area contributed by atoms with E-state index in [1.165, 1.54) is 0 Å². The second-order valence-corrected chi connectivity index (χ2v) is 8.86. The summed E-state index contributed by atoms with van der Waals surface area (Å²) >= 11 is 11.6. The SMILES string of the molecule is CCCCOc1ccc(C(=O)NC(=S)Nc2cc(Cl)ccc2N2CCN(C(=O)CC)CC2)cc1. The number of rotatable bonds is 8. The average molecular weight is 503 g/mol. The van der Waals surface area contributed by atoms with Gasteiger partial charge in [0.05, 0.1) is 18.0 Å². The summed E-state index contributed by atoms with van der Waals surface area (Å²) in [7, 11) is 0. The summed E-state index contributed by atoms with van der Waals surface area (Å²) < 4.78 is 5.64. The lowest BCUT2D eigenvalue weighted by Crippen LogP contribution is -2.48. The molecule has 0 aliphatic carbocycles. The van der Waals surface area contributed by atoms with Crippen LogP contribution < -0.4 is 20.3 Å². The summed E-state index contributed by atoms with van der Waals surface area (Å²) in [6, 6.07) is 12.5. The molecular weight excluding hydrogens is 472 g/mol. The topological polar surface area (TPSA) is 73.9 Å². The minimum Gasteiger partial charge on any atom is -0.494 e. The Labute approximate surface area is 211 Å². The molecule has 34 heavy (non-hydrogen) atoms. The molecule has 2 amide bonds. The fraction of sp³-hybridized carbons (Fsp3) is 0.400. The molecule has 0 spiro atoms. The number of hydrogen-bond acceptors (Lipinski definition) is 5. The molecule has 2 N–H and O–H groups in total. The van der Waals surface area contributed by atoms with Crippen molar-refractivity contribution >= 4 is 52.1 Å². The Kier molecular flexibility index (Phi) is 9.53. The standard InChI is InChI=1S/C25H31ClN4O3S/c1-3-5-16-33-20-9-6-18(7-10-20)24(32)28-25(34)27-21-17-19(26)8-11-22(21)29-12-14-30(15-13-29)23(31)4-2/h6-11,17H,3-5,12-16H2,1-2H3,(H2,27,28,32,34). The van der Waals surface area contributed by atoms with E-state index in [4.69, 9.17) is 28.6 Å². The van der Waals surface area contributed by atoms with Gasteiger partial charge < -0.3 is 19.9 Å². The quantitative estimate of drug-likeness (QED) is 0.402. The number of carbonyl (C=O) groups excluding carboxylic acids is 2. The first-order valence-electron chi connectivity index (χ1n) is 11.6. The lowest BCUT2D eigenvalue weighted by atomic mass is 10.2. The molecule has 2 aromatic rings. The van der Waals surface area contributed by atoms with Crippen LogP contribution in [0.15, 0.2) is 42.5 Å². The second kappa shape index (κ2) is 12.6. The molecule has 2 aromatic carbocycles. The van der Waals surface area contributed by atoms with E-state index in [2.05, 4.69) is 22.5 Å². The van der Waals surface area contributed by atoms with Crippen molar-refractivity contribution in [3.63, 3.8) is 0 Å². The molecule has 182 valence electrons. The summed E-state index contributed by atoms with van der Waals surface area (Å²) in [5, 5.41) is 6.56. The minimum absolute atomic E-state index is 0.165. The number of piperazine rings is 1. The largest absolute Gasteiger partial charge is 0.494 e. The van der Waals surface area contributed by atoms with E-state index in [0.717, 1.165) is 24.3 Å². The predicted molar refractivity (Wildman–Crippen MR) is 141 cm³/mol. The highest BCUT2D eigenvalue weighted by molar-refractivity contribution is 7.80. The summed E-state index contributed by atoms with van der Waals surface area (Å²) in [5.41, 5.74) is 2.10. The molecule has 0 bridgehead atoms. The Hall–Kier alpha value is -2.84. The van der Waals surface area contributed by atoms with Gasteiger partial charge in [-0.1, -0.05) is 31.9 Å². The molecule has 1 heterocycles. The van der Waals surface area contributed by atoms with Gasteiger partial charge in [-0.25, -0.2) is 0 Å². The Balaban J connectivity index is 1.61. The number of ether oxygens (including phenoxy) is 1. The van der Waals surface area contributed by atoms with Gasteiger partial charge in [0.2, 0.25) is 5.91 Å². The molecule has 0 aromatic heterocycles. The van der Waals surface area contributed by atoms with Crippen molar-refractivity contribution in [2.75, 3.05) is 43.0 Å². The number of carbonyl (C=O) groups is 2. The number of halogens is 1. The van der Waals surface area contributed by atoms with Crippen molar-refractivity contribution in [1.82, 2.24) is 10.2 Å². The molecule has 0 unspecified atom stereocenters. The molecule has 9 heteroatoms. The van der Waals surface area contributed by atoms with Crippen molar-refractivity contribution < 1.29 is 14.3 Å². The number of unbranched alkanes of at least 4 members (excludes halogenated alkanes) is 1. The van der Waals surface area contributed by atoms with Crippen LogP contribution in [0.1, 0.15) is 43.5 Å². The van der Waals surface area contributed by atoms with Crippen LogP contribution in [0.3, 0.4) is 0 Å². The van der Waals surface area contributed by atoms with E-state index < -0.39 is 0 Å². The van der Waals surface area contributed by atoms with Crippen LogP contribution in [0, 0.1) is 0 Å². The zero-order valence-electron chi connectivity index (χ0n) is 19.6. The fourth-order valence-corrected chi connectivity index (χ4v) is 4.04. The van der Waals surface area contributed by atoms with Gasteiger partial charge in [-0.3, -0.25) is 14.9 Å². The van der Waals surface area contributed by atoms with Gasteiger partial charge in [-0.05, 0) is 61.1 Å². The third-order valence-electron chi connectivity index (χ3n) is 5.59. The normalized spacial score (nSPS) is 13.4. The maximum atomic E-state index is 12.6. The zero-order chi connectivity index (χ0) is 24.5. The van der Waals surface area contributed by atoms with Crippen molar-refractivity contribution in [2.45, 2.75) is 33.1 Å². The molecule has 0 radical (unpaired) electrons. The molecule has 7 nitrogen and oxygen atoms in total. The van der Waals surface area contributed by atoms with E-state index >= 15 is 0 Å². The summed E-state index contributed by atoms with van der Waals surface area (Å²) in [6.07, 6.45) is 2.56. The third kappa shape index (κ3) is 7.08. The molecule has 0 saturated carbocycles. The lowest BCUT2D eigenvalue weighted by molar-refractivity contribution is -0.131. The first kappa shape index (κ1) is 25.8. The molecule has 1 aliphatic rings. The maximum absolute atomic E-state index is 12.6. The molecular formula is C25H31ClN4O3S. The highest BCUT2D eigenvalue weighted by atomic mass is 35.5. The van der Waals surface area contributed by atoms with Crippen LogP contribution >= 0.6 is 23.8 Å². The number of amides is 2. The van der Waals surface area contributed by atoms with Gasteiger partial charge >= 0.3 is 0 Å². The van der Waals surface area contributed by atoms with Crippen molar-refractivity contribution in [2.24, 2.45) is 0 Å². The van der Waals surface area contributed by atoms with Gasteiger partial charge in [-0.15, -0.1) is 0 Å². The third-order valence-corrected chi connectivity index (χ3v) is 6.03. The van der Waals surface area contributed by atoms with Crippen molar-refractivity contribution in [1.29, 1.82) is 0 Å². The lowest BCUT2D eigenvalue weighted by Gasteiger charge is -2.37. The maximum Gasteiger partial charge on any atom is 0.257 e. The van der Waals surface area contributed by atoms with Crippen LogP contribution in [-0.4, -0.2) is 54.6 Å². The van der Waals surface area contributed by atoms with Gasteiger partial charge in [0.25, 0.3) is 5.91 Å². The smallest absolute Gasteiger partial charge is 0.257 e. The van der Waals surface area contributed by atoms with E-state index in [9.17, 15) is 9.59 Å². The van der Waals surface area contributed by atoms with Crippen molar-refractivity contribution in [3.8, 4) is 5.75 Å². The van der Waals surface area contributed by atoms with E-state index in [-0.39, 0.29) is 16.9 Å². The Morgan fingerprint density at radius 1 is 1.06 bits per heavy atom. The number of thiocarbonyl (C=S) groups is 1. The van der Waals surface area contributed by atoms with Crippen LogP contribution in [0.2, 0.25) is 5.02 Å². The van der Waals surface area contributed by atoms with E-state index in [1.54, 1.807) is 30.3 Å². The monoisotopic (exact) mass is 502 g/mol. The number of nitrogens with one attached hydrogen (secondary N) is 2. The second-order valence-electron chi connectivity index (χ2n) is 8.02.